The van der Waals surface area contributed by atoms with Crippen LogP contribution in [0.1, 0.15) is 34.1 Å². The summed E-state index contributed by atoms with van der Waals surface area (Å²) in [6, 6.07) is 3.13. The lowest BCUT2D eigenvalue weighted by Crippen LogP contribution is -2.42. The molecule has 0 aliphatic rings. The van der Waals surface area contributed by atoms with Crippen LogP contribution in [0.3, 0.4) is 0 Å². The molecule has 0 spiro atoms. The van der Waals surface area contributed by atoms with Gasteiger partial charge in [-0.2, -0.15) is 0 Å². The molecule has 0 fully saturated rings. The minimum absolute atomic E-state index is 0.0318. The smallest absolute Gasteiger partial charge is 0.225 e. The van der Waals surface area contributed by atoms with E-state index in [1.54, 1.807) is 0 Å². The summed E-state index contributed by atoms with van der Waals surface area (Å²) in [4.78, 5) is 12.1. The Hall–Kier alpha value is -1.69. The van der Waals surface area contributed by atoms with Gasteiger partial charge in [-0.1, -0.05) is 27.7 Å². The first-order chi connectivity index (χ1) is 10.6. The molecule has 0 aromatic heterocycles. The molecule has 4 nitrogen and oxygen atoms in total. The number of aliphatic hydroxyl groups is 1. The Bertz CT molecular complexity index is 533. The van der Waals surface area contributed by atoms with Gasteiger partial charge in [0.05, 0.1) is 0 Å². The first-order valence-electron chi connectivity index (χ1n) is 7.66. The van der Waals surface area contributed by atoms with Gasteiger partial charge < -0.3 is 15.2 Å². The van der Waals surface area contributed by atoms with Crippen LogP contribution in [0.4, 0.5) is 8.78 Å². The molecular weight excluding hydrogens is 304 g/mol. The molecule has 0 bridgehead atoms. The van der Waals surface area contributed by atoms with Crippen LogP contribution in [0, 0.1) is 23.0 Å². The van der Waals surface area contributed by atoms with Crippen LogP contribution in [0.5, 0.6) is 5.75 Å². The van der Waals surface area contributed by atoms with Crippen molar-refractivity contribution in [3.05, 3.63) is 29.8 Å². The van der Waals surface area contributed by atoms with Crippen LogP contribution in [0.25, 0.3) is 0 Å². The van der Waals surface area contributed by atoms with E-state index < -0.39 is 23.2 Å². The highest BCUT2D eigenvalue weighted by molar-refractivity contribution is 5.81. The lowest BCUT2D eigenvalue weighted by molar-refractivity contribution is -0.130. The molecule has 1 rings (SSSR count). The standard InChI is InChI=1S/C17H25F2NO3/c1-11(2)8-17(3,4)16(22)20-9-12(21)10-23-13-5-6-14(18)15(19)7-13/h5-7,11-12,21H,8-10H2,1-4H3,(H,20,22). The molecule has 0 heterocycles. The Labute approximate surface area is 135 Å². The number of amides is 1. The number of rotatable bonds is 8. The van der Waals surface area contributed by atoms with Crippen LogP contribution in [-0.4, -0.2) is 30.3 Å². The topological polar surface area (TPSA) is 58.6 Å². The van der Waals surface area contributed by atoms with Crippen molar-refractivity contribution in [1.29, 1.82) is 0 Å². The van der Waals surface area contributed by atoms with Gasteiger partial charge in [0, 0.05) is 18.0 Å². The summed E-state index contributed by atoms with van der Waals surface area (Å²) in [5.41, 5.74) is -0.519. The maximum absolute atomic E-state index is 13.0. The van der Waals surface area contributed by atoms with Crippen molar-refractivity contribution in [2.75, 3.05) is 13.2 Å². The zero-order chi connectivity index (χ0) is 17.6. The van der Waals surface area contributed by atoms with E-state index in [0.29, 0.717) is 5.92 Å². The molecule has 0 saturated heterocycles. The van der Waals surface area contributed by atoms with E-state index in [9.17, 15) is 18.7 Å². The highest BCUT2D eigenvalue weighted by Crippen LogP contribution is 2.25. The summed E-state index contributed by atoms with van der Waals surface area (Å²) in [6.07, 6.45) is -0.206. The highest BCUT2D eigenvalue weighted by Gasteiger charge is 2.28. The van der Waals surface area contributed by atoms with Gasteiger partial charge in [-0.15, -0.1) is 0 Å². The summed E-state index contributed by atoms with van der Waals surface area (Å²) < 4.78 is 31.0. The minimum atomic E-state index is -1.01. The summed E-state index contributed by atoms with van der Waals surface area (Å²) in [7, 11) is 0. The Kier molecular flexibility index (Phi) is 6.94. The third kappa shape index (κ3) is 6.52. The highest BCUT2D eigenvalue weighted by atomic mass is 19.2. The summed E-state index contributed by atoms with van der Waals surface area (Å²) >= 11 is 0. The number of hydrogen-bond acceptors (Lipinski definition) is 3. The molecule has 0 saturated carbocycles. The second kappa shape index (κ2) is 8.24. The molecular formula is C17H25F2NO3. The molecule has 1 amide bonds. The number of benzene rings is 1. The number of aliphatic hydroxyl groups excluding tert-OH is 1. The molecule has 1 atom stereocenters. The molecule has 2 N–H and O–H groups in total. The van der Waals surface area contributed by atoms with Crippen molar-refractivity contribution >= 4 is 5.91 Å². The zero-order valence-electron chi connectivity index (χ0n) is 14.0. The van der Waals surface area contributed by atoms with Crippen molar-refractivity contribution in [2.24, 2.45) is 11.3 Å². The number of hydrogen-bond donors (Lipinski definition) is 2. The van der Waals surface area contributed by atoms with Crippen molar-refractivity contribution in [3.63, 3.8) is 0 Å². The van der Waals surface area contributed by atoms with E-state index in [2.05, 4.69) is 5.32 Å². The number of carbonyl (C=O) groups excluding carboxylic acids is 1. The summed E-state index contributed by atoms with van der Waals surface area (Å²) in [5.74, 6) is -1.61. The Morgan fingerprint density at radius 2 is 1.96 bits per heavy atom. The SMILES string of the molecule is CC(C)CC(C)(C)C(=O)NCC(O)COc1ccc(F)c(F)c1. The van der Waals surface area contributed by atoms with Crippen molar-refractivity contribution in [3.8, 4) is 5.75 Å². The first-order valence-corrected chi connectivity index (χ1v) is 7.66. The van der Waals surface area contributed by atoms with Crippen LogP contribution in [0.2, 0.25) is 0 Å². The predicted octanol–water partition coefficient (Wildman–Crippen LogP) is 2.89. The molecule has 1 aromatic carbocycles. The van der Waals surface area contributed by atoms with Gasteiger partial charge in [-0.3, -0.25) is 4.79 Å². The lowest BCUT2D eigenvalue weighted by Gasteiger charge is -2.26. The van der Waals surface area contributed by atoms with Gasteiger partial charge in [0.2, 0.25) is 5.91 Å². The molecule has 1 aromatic rings. The van der Waals surface area contributed by atoms with E-state index >= 15 is 0 Å². The Morgan fingerprint density at radius 3 is 2.52 bits per heavy atom. The van der Waals surface area contributed by atoms with E-state index in [-0.39, 0.29) is 24.8 Å². The molecule has 23 heavy (non-hydrogen) atoms. The fourth-order valence-corrected chi connectivity index (χ4v) is 2.38. The second-order valence-corrected chi connectivity index (χ2v) is 6.73. The monoisotopic (exact) mass is 329 g/mol. The first kappa shape index (κ1) is 19.4. The zero-order valence-corrected chi connectivity index (χ0v) is 14.0. The quantitative estimate of drug-likeness (QED) is 0.771. The van der Waals surface area contributed by atoms with E-state index in [4.69, 9.17) is 4.74 Å². The minimum Gasteiger partial charge on any atom is -0.491 e. The molecule has 0 aliphatic heterocycles. The third-order valence-electron chi connectivity index (χ3n) is 3.36. The summed E-state index contributed by atoms with van der Waals surface area (Å²) in [5, 5.41) is 12.5. The van der Waals surface area contributed by atoms with Crippen molar-refractivity contribution in [1.82, 2.24) is 5.32 Å². The maximum atomic E-state index is 13.0. The van der Waals surface area contributed by atoms with Crippen LogP contribution < -0.4 is 10.1 Å². The molecule has 130 valence electrons. The number of nitrogens with one attached hydrogen (secondary N) is 1. The van der Waals surface area contributed by atoms with Gasteiger partial charge >= 0.3 is 0 Å². The fraction of sp³-hybridized carbons (Fsp3) is 0.588. The van der Waals surface area contributed by atoms with Gasteiger partial charge in [0.1, 0.15) is 18.5 Å². The molecule has 6 heteroatoms. The molecule has 1 unspecified atom stereocenters. The van der Waals surface area contributed by atoms with Gasteiger partial charge in [0.15, 0.2) is 11.6 Å². The normalized spacial score (nSPS) is 13.0. The number of halogens is 2. The fourth-order valence-electron chi connectivity index (χ4n) is 2.38. The largest absolute Gasteiger partial charge is 0.491 e. The average Bonchev–Trinajstić information content (AvgIpc) is 2.44. The van der Waals surface area contributed by atoms with Crippen LogP contribution in [-0.2, 0) is 4.79 Å². The average molecular weight is 329 g/mol. The third-order valence-corrected chi connectivity index (χ3v) is 3.36. The lowest BCUT2D eigenvalue weighted by atomic mass is 9.83. The predicted molar refractivity (Wildman–Crippen MR) is 84.1 cm³/mol. The number of ether oxygens (including phenoxy) is 1. The van der Waals surface area contributed by atoms with Gasteiger partial charge in [-0.05, 0) is 24.5 Å². The van der Waals surface area contributed by atoms with E-state index in [1.165, 1.54) is 6.07 Å². The van der Waals surface area contributed by atoms with Crippen molar-refractivity contribution < 1.29 is 23.4 Å². The van der Waals surface area contributed by atoms with Crippen molar-refractivity contribution in [2.45, 2.75) is 40.2 Å². The molecule has 0 aliphatic carbocycles. The van der Waals surface area contributed by atoms with E-state index in [1.807, 2.05) is 27.7 Å². The number of carbonyl (C=O) groups is 1. The van der Waals surface area contributed by atoms with E-state index in [0.717, 1.165) is 18.6 Å². The van der Waals surface area contributed by atoms with Gasteiger partial charge in [0.25, 0.3) is 0 Å². The summed E-state index contributed by atoms with van der Waals surface area (Å²) in [6.45, 7) is 7.69. The Morgan fingerprint density at radius 1 is 1.30 bits per heavy atom. The van der Waals surface area contributed by atoms with Crippen LogP contribution >= 0.6 is 0 Å². The molecule has 0 radical (unpaired) electrons. The maximum Gasteiger partial charge on any atom is 0.225 e. The van der Waals surface area contributed by atoms with Gasteiger partial charge in [-0.25, -0.2) is 8.78 Å². The van der Waals surface area contributed by atoms with Crippen LogP contribution in [0.15, 0.2) is 18.2 Å². The second-order valence-electron chi connectivity index (χ2n) is 6.73. The Balaban J connectivity index is 2.40.